The Hall–Kier alpha value is -2.10. The molecule has 0 N–H and O–H groups in total. The molecule has 0 amide bonds. The number of aryl methyl sites for hydroxylation is 1. The summed E-state index contributed by atoms with van der Waals surface area (Å²) in [5.74, 6) is -0.881. The summed E-state index contributed by atoms with van der Waals surface area (Å²) in [6, 6.07) is 3.46. The summed E-state index contributed by atoms with van der Waals surface area (Å²) in [7, 11) is 1.87. The van der Waals surface area contributed by atoms with Crippen molar-refractivity contribution in [1.29, 1.82) is 0 Å². The van der Waals surface area contributed by atoms with Gasteiger partial charge in [0.05, 0.1) is 40.2 Å². The maximum absolute atomic E-state index is 14.1. The Morgan fingerprint density at radius 1 is 1.32 bits per heavy atom. The number of hydrogen-bond donors (Lipinski definition) is 0. The quantitative estimate of drug-likeness (QED) is 0.554. The lowest BCUT2D eigenvalue weighted by molar-refractivity contribution is -0.0720. The van der Waals surface area contributed by atoms with Gasteiger partial charge in [-0.25, -0.2) is 13.8 Å². The van der Waals surface area contributed by atoms with Crippen molar-refractivity contribution in [2.24, 2.45) is 7.05 Å². The van der Waals surface area contributed by atoms with Crippen molar-refractivity contribution in [2.45, 2.75) is 12.3 Å². The van der Waals surface area contributed by atoms with Gasteiger partial charge in [0.2, 0.25) is 0 Å². The van der Waals surface area contributed by atoms with Crippen LogP contribution in [-0.2, 0) is 17.3 Å². The summed E-state index contributed by atoms with van der Waals surface area (Å²) < 4.78 is 30.0. The summed E-state index contributed by atoms with van der Waals surface area (Å²) in [6.07, 6.45) is 7.34. The molecule has 0 radical (unpaired) electrons. The number of nitrogens with zero attached hydrogens (tertiary/aromatic N) is 4. The third-order valence-corrected chi connectivity index (χ3v) is 6.43. The smallest absolute Gasteiger partial charge is 0.155 e. The standard InChI is InChI=1S/C19H17BrF2N4OS/c1-19(12-8-24-25(2)10-12,18-23-9-17(20)28-18)11-26-6-5-16(27-26)14-4-3-13(21)7-15(14)22/h3-5,7-10H,6,11H2,1-2H3. The van der Waals surface area contributed by atoms with Crippen LogP contribution in [0.15, 0.2) is 46.7 Å². The van der Waals surface area contributed by atoms with Crippen molar-refractivity contribution in [3.8, 4) is 0 Å². The fraction of sp³-hybridized carbons (Fsp3) is 0.263. The Kier molecular flexibility index (Phi) is 5.07. The van der Waals surface area contributed by atoms with Gasteiger partial charge in [-0.05, 0) is 41.1 Å². The minimum Gasteiger partial charge on any atom is -0.405 e. The fourth-order valence-electron chi connectivity index (χ4n) is 3.19. The lowest BCUT2D eigenvalue weighted by Crippen LogP contribution is -2.38. The van der Waals surface area contributed by atoms with E-state index in [1.807, 2.05) is 19.4 Å². The van der Waals surface area contributed by atoms with Crippen LogP contribution in [0.3, 0.4) is 0 Å². The highest BCUT2D eigenvalue weighted by Gasteiger charge is 2.37. The van der Waals surface area contributed by atoms with E-state index in [1.165, 1.54) is 12.1 Å². The second-order valence-corrected chi connectivity index (χ2v) is 9.22. The number of benzene rings is 1. The number of thiazole rings is 1. The molecular weight excluding hydrogens is 450 g/mol. The third-order valence-electron chi connectivity index (χ3n) is 4.69. The average Bonchev–Trinajstić information content (AvgIpc) is 3.37. The van der Waals surface area contributed by atoms with Crippen LogP contribution in [-0.4, -0.2) is 32.9 Å². The number of aromatic nitrogens is 3. The largest absolute Gasteiger partial charge is 0.405 e. The molecule has 0 bridgehead atoms. The molecule has 0 saturated carbocycles. The first-order valence-corrected chi connectivity index (χ1v) is 10.2. The molecule has 1 unspecified atom stereocenters. The van der Waals surface area contributed by atoms with E-state index in [2.05, 4.69) is 32.9 Å². The van der Waals surface area contributed by atoms with Gasteiger partial charge in [-0.3, -0.25) is 4.68 Å². The van der Waals surface area contributed by atoms with Gasteiger partial charge in [0.25, 0.3) is 0 Å². The molecule has 1 aliphatic heterocycles. The monoisotopic (exact) mass is 466 g/mol. The molecule has 0 saturated heterocycles. The predicted octanol–water partition coefficient (Wildman–Crippen LogP) is 4.51. The van der Waals surface area contributed by atoms with Crippen LogP contribution >= 0.6 is 27.3 Å². The van der Waals surface area contributed by atoms with Crippen LogP contribution in [0.2, 0.25) is 0 Å². The molecular formula is C19H17BrF2N4OS. The van der Waals surface area contributed by atoms with Gasteiger partial charge in [0.1, 0.15) is 16.6 Å². The first kappa shape index (κ1) is 19.2. The normalized spacial score (nSPS) is 16.7. The van der Waals surface area contributed by atoms with E-state index >= 15 is 0 Å². The van der Waals surface area contributed by atoms with Crippen molar-refractivity contribution >= 4 is 33.0 Å². The molecule has 1 aliphatic rings. The summed E-state index contributed by atoms with van der Waals surface area (Å²) >= 11 is 5.03. The molecule has 4 rings (SSSR count). The maximum Gasteiger partial charge on any atom is 0.155 e. The molecule has 28 heavy (non-hydrogen) atoms. The zero-order valence-corrected chi connectivity index (χ0v) is 17.6. The van der Waals surface area contributed by atoms with Gasteiger partial charge < -0.3 is 4.84 Å². The number of hydrogen-bond acceptors (Lipinski definition) is 5. The topological polar surface area (TPSA) is 43.2 Å². The zero-order chi connectivity index (χ0) is 19.9. The van der Waals surface area contributed by atoms with Crippen molar-refractivity contribution in [3.63, 3.8) is 0 Å². The van der Waals surface area contributed by atoms with E-state index in [9.17, 15) is 8.78 Å². The zero-order valence-electron chi connectivity index (χ0n) is 15.2. The van der Waals surface area contributed by atoms with E-state index in [-0.39, 0.29) is 5.56 Å². The Bertz CT molecular complexity index is 1010. The molecule has 2 aromatic heterocycles. The Labute approximate surface area is 173 Å². The maximum atomic E-state index is 14.1. The summed E-state index contributed by atoms with van der Waals surface area (Å²) in [6.45, 7) is 3.05. The van der Waals surface area contributed by atoms with Gasteiger partial charge in [-0.15, -0.1) is 16.4 Å². The molecule has 1 aromatic carbocycles. The lowest BCUT2D eigenvalue weighted by Gasteiger charge is -2.30. The van der Waals surface area contributed by atoms with Gasteiger partial charge >= 0.3 is 0 Å². The van der Waals surface area contributed by atoms with Crippen molar-refractivity contribution in [3.05, 3.63) is 74.4 Å². The molecule has 146 valence electrons. The molecule has 1 atom stereocenters. The van der Waals surface area contributed by atoms with E-state index in [0.717, 1.165) is 20.4 Å². The third kappa shape index (κ3) is 3.61. The predicted molar refractivity (Wildman–Crippen MR) is 106 cm³/mol. The van der Waals surface area contributed by atoms with E-state index in [0.29, 0.717) is 18.8 Å². The lowest BCUT2D eigenvalue weighted by atomic mass is 9.85. The van der Waals surface area contributed by atoms with Crippen LogP contribution in [0.4, 0.5) is 8.78 Å². The minimum atomic E-state index is -0.646. The first-order valence-electron chi connectivity index (χ1n) is 8.54. The highest BCUT2D eigenvalue weighted by molar-refractivity contribution is 9.11. The van der Waals surface area contributed by atoms with Crippen LogP contribution in [0.25, 0.3) is 5.76 Å². The van der Waals surface area contributed by atoms with Gasteiger partial charge in [-0.2, -0.15) is 5.10 Å². The Morgan fingerprint density at radius 3 is 2.79 bits per heavy atom. The molecule has 0 aliphatic carbocycles. The molecule has 0 fully saturated rings. The van der Waals surface area contributed by atoms with Crippen LogP contribution in [0, 0.1) is 11.6 Å². The number of rotatable bonds is 5. The minimum absolute atomic E-state index is 0.240. The molecule has 9 heteroatoms. The van der Waals surface area contributed by atoms with Crippen LogP contribution in [0.1, 0.15) is 23.1 Å². The van der Waals surface area contributed by atoms with Crippen LogP contribution in [0.5, 0.6) is 0 Å². The van der Waals surface area contributed by atoms with Gasteiger partial charge in [0, 0.05) is 24.9 Å². The van der Waals surface area contributed by atoms with E-state index in [4.69, 9.17) is 4.84 Å². The van der Waals surface area contributed by atoms with Crippen molar-refractivity contribution < 1.29 is 13.6 Å². The summed E-state index contributed by atoms with van der Waals surface area (Å²) in [5, 5.41) is 6.96. The van der Waals surface area contributed by atoms with Crippen LogP contribution < -0.4 is 0 Å². The second kappa shape index (κ2) is 7.38. The summed E-state index contributed by atoms with van der Waals surface area (Å²) in [5.41, 5.74) is 0.765. The van der Waals surface area contributed by atoms with Crippen molar-refractivity contribution in [2.75, 3.05) is 13.1 Å². The fourth-order valence-corrected chi connectivity index (χ4v) is 4.56. The van der Waals surface area contributed by atoms with Gasteiger partial charge in [-0.1, -0.05) is 0 Å². The van der Waals surface area contributed by atoms with Crippen molar-refractivity contribution in [1.82, 2.24) is 19.8 Å². The molecule has 3 heterocycles. The second-order valence-electron chi connectivity index (χ2n) is 6.81. The highest BCUT2D eigenvalue weighted by Crippen LogP contribution is 2.38. The number of halogens is 3. The van der Waals surface area contributed by atoms with Gasteiger partial charge in [0.15, 0.2) is 5.76 Å². The van der Waals surface area contributed by atoms with E-state index < -0.39 is 17.0 Å². The SMILES string of the molecule is Cn1cc(C(C)(CN2CC=C(c3ccc(F)cc3F)O2)c2ncc(Br)s2)cn1. The Balaban J connectivity index is 1.59. The first-order chi connectivity index (χ1) is 13.3. The molecule has 0 spiro atoms. The average molecular weight is 467 g/mol. The highest BCUT2D eigenvalue weighted by atomic mass is 79.9. The van der Waals surface area contributed by atoms with E-state index in [1.54, 1.807) is 33.4 Å². The molecule has 5 nitrogen and oxygen atoms in total. The summed E-state index contributed by atoms with van der Waals surface area (Å²) in [4.78, 5) is 10.4. The molecule has 3 aromatic rings. The Morgan fingerprint density at radius 2 is 2.14 bits per heavy atom. The number of hydroxylamine groups is 2.